The molecule has 0 unspecified atom stereocenters. The molecule has 5 nitrogen and oxygen atoms in total. The lowest BCUT2D eigenvalue weighted by Gasteiger charge is -2.14. The molecule has 20 heavy (non-hydrogen) atoms. The van der Waals surface area contributed by atoms with E-state index < -0.39 is 5.97 Å². The van der Waals surface area contributed by atoms with Gasteiger partial charge in [-0.3, -0.25) is 9.36 Å². The minimum absolute atomic E-state index is 0.132. The Morgan fingerprint density at radius 3 is 2.70 bits per heavy atom. The molecule has 0 aliphatic heterocycles. The van der Waals surface area contributed by atoms with Crippen LogP contribution in [0.5, 0.6) is 0 Å². The zero-order chi connectivity index (χ0) is 14.3. The lowest BCUT2D eigenvalue weighted by Crippen LogP contribution is -2.25. The number of carboxylic acids is 1. The number of fused-ring (bicyclic) bond motifs is 1. The largest absolute Gasteiger partial charge is 0.478 e. The van der Waals surface area contributed by atoms with Gasteiger partial charge in [-0.15, -0.1) is 0 Å². The van der Waals surface area contributed by atoms with Crippen molar-refractivity contribution in [2.24, 2.45) is 0 Å². The summed E-state index contributed by atoms with van der Waals surface area (Å²) in [6.07, 6.45) is 4.16. The van der Waals surface area contributed by atoms with Crippen molar-refractivity contribution >= 4 is 29.1 Å². The fourth-order valence-electron chi connectivity index (χ4n) is 2.86. The van der Waals surface area contributed by atoms with Crippen LogP contribution in [0.3, 0.4) is 0 Å². The van der Waals surface area contributed by atoms with Gasteiger partial charge >= 0.3 is 5.97 Å². The highest BCUT2D eigenvalue weighted by atomic mass is 32.1. The number of benzene rings is 1. The summed E-state index contributed by atoms with van der Waals surface area (Å²) in [7, 11) is 0. The van der Waals surface area contributed by atoms with Gasteiger partial charge in [0.15, 0.2) is 4.77 Å². The number of aromatic amines is 1. The van der Waals surface area contributed by atoms with Crippen LogP contribution in [0.15, 0.2) is 23.0 Å². The van der Waals surface area contributed by atoms with Crippen LogP contribution in [0.4, 0.5) is 0 Å². The number of hydrogen-bond acceptors (Lipinski definition) is 3. The Morgan fingerprint density at radius 2 is 2.05 bits per heavy atom. The first-order valence-corrected chi connectivity index (χ1v) is 7.00. The highest BCUT2D eigenvalue weighted by molar-refractivity contribution is 7.71. The number of rotatable bonds is 2. The highest BCUT2D eigenvalue weighted by Crippen LogP contribution is 2.28. The SMILES string of the molecule is O=C(O)c1ccc2c(=O)n(C3CCCC3)c(=S)[nH]c2c1. The molecular weight excluding hydrogens is 276 g/mol. The van der Waals surface area contributed by atoms with Gasteiger partial charge in [-0.05, 0) is 43.3 Å². The van der Waals surface area contributed by atoms with Crippen molar-refractivity contribution in [3.05, 3.63) is 38.9 Å². The molecule has 1 aliphatic carbocycles. The molecule has 2 N–H and O–H groups in total. The summed E-state index contributed by atoms with van der Waals surface area (Å²) < 4.78 is 2.02. The fraction of sp³-hybridized carbons (Fsp3) is 0.357. The van der Waals surface area contributed by atoms with Crippen molar-refractivity contribution < 1.29 is 9.90 Å². The molecule has 0 amide bonds. The second-order valence-electron chi connectivity index (χ2n) is 5.11. The van der Waals surface area contributed by atoms with Crippen LogP contribution in [-0.2, 0) is 0 Å². The Bertz CT molecular complexity index is 800. The third kappa shape index (κ3) is 2.06. The lowest BCUT2D eigenvalue weighted by molar-refractivity contribution is 0.0697. The number of hydrogen-bond donors (Lipinski definition) is 2. The van der Waals surface area contributed by atoms with E-state index in [1.165, 1.54) is 12.1 Å². The van der Waals surface area contributed by atoms with Gasteiger partial charge in [-0.2, -0.15) is 0 Å². The molecule has 104 valence electrons. The maximum absolute atomic E-state index is 12.5. The van der Waals surface area contributed by atoms with Gasteiger partial charge in [0.1, 0.15) is 0 Å². The van der Waals surface area contributed by atoms with Crippen LogP contribution >= 0.6 is 12.2 Å². The number of nitrogens with one attached hydrogen (secondary N) is 1. The van der Waals surface area contributed by atoms with E-state index >= 15 is 0 Å². The molecule has 1 aliphatic rings. The van der Waals surface area contributed by atoms with Crippen molar-refractivity contribution in [1.29, 1.82) is 0 Å². The fourth-order valence-corrected chi connectivity index (χ4v) is 3.20. The Kier molecular flexibility index (Phi) is 3.17. The monoisotopic (exact) mass is 290 g/mol. The normalized spacial score (nSPS) is 15.8. The number of aromatic nitrogens is 2. The first-order valence-electron chi connectivity index (χ1n) is 6.60. The molecule has 1 aromatic carbocycles. The van der Waals surface area contributed by atoms with E-state index in [1.807, 2.05) is 0 Å². The molecule has 2 aromatic rings. The Balaban J connectivity index is 2.25. The van der Waals surface area contributed by atoms with Crippen LogP contribution in [0, 0.1) is 4.77 Å². The molecule has 0 saturated heterocycles. The van der Waals surface area contributed by atoms with E-state index in [1.54, 1.807) is 10.6 Å². The zero-order valence-corrected chi connectivity index (χ0v) is 11.6. The molecule has 3 rings (SSSR count). The summed E-state index contributed by atoms with van der Waals surface area (Å²) in [5, 5.41) is 9.47. The van der Waals surface area contributed by atoms with Crippen molar-refractivity contribution in [3.8, 4) is 0 Å². The summed E-state index contributed by atoms with van der Waals surface area (Å²) in [6.45, 7) is 0. The number of nitrogens with zero attached hydrogens (tertiary/aromatic N) is 1. The molecule has 1 saturated carbocycles. The van der Waals surface area contributed by atoms with Crippen LogP contribution in [0.2, 0.25) is 0 Å². The summed E-state index contributed by atoms with van der Waals surface area (Å²) >= 11 is 5.27. The van der Waals surface area contributed by atoms with Crippen molar-refractivity contribution in [2.75, 3.05) is 0 Å². The minimum Gasteiger partial charge on any atom is -0.478 e. The van der Waals surface area contributed by atoms with Gasteiger partial charge in [-0.25, -0.2) is 4.79 Å². The molecule has 6 heteroatoms. The maximum atomic E-state index is 12.5. The zero-order valence-electron chi connectivity index (χ0n) is 10.8. The maximum Gasteiger partial charge on any atom is 0.335 e. The Hall–Kier alpha value is -1.95. The Labute approximate surface area is 119 Å². The minimum atomic E-state index is -1.02. The Morgan fingerprint density at radius 1 is 1.35 bits per heavy atom. The molecule has 0 atom stereocenters. The second-order valence-corrected chi connectivity index (χ2v) is 5.50. The molecule has 1 fully saturated rings. The molecule has 0 bridgehead atoms. The van der Waals surface area contributed by atoms with Gasteiger partial charge in [0, 0.05) is 6.04 Å². The number of carbonyl (C=O) groups is 1. The van der Waals surface area contributed by atoms with Gasteiger partial charge in [0.25, 0.3) is 5.56 Å². The summed E-state index contributed by atoms with van der Waals surface area (Å²) in [5.41, 5.74) is 0.489. The number of carboxylic acid groups (broad SMARTS) is 1. The van der Waals surface area contributed by atoms with Gasteiger partial charge in [0.2, 0.25) is 0 Å². The first kappa shape index (κ1) is 13.1. The highest BCUT2D eigenvalue weighted by Gasteiger charge is 2.20. The van der Waals surface area contributed by atoms with Crippen molar-refractivity contribution in [1.82, 2.24) is 9.55 Å². The third-order valence-corrected chi connectivity index (χ3v) is 4.16. The summed E-state index contributed by atoms with van der Waals surface area (Å²) in [5.74, 6) is -1.02. The van der Waals surface area contributed by atoms with E-state index in [4.69, 9.17) is 17.3 Å². The molecule has 1 aromatic heterocycles. The number of H-pyrrole nitrogens is 1. The quantitative estimate of drug-likeness (QED) is 0.834. The predicted molar refractivity (Wildman–Crippen MR) is 77.9 cm³/mol. The smallest absolute Gasteiger partial charge is 0.335 e. The van der Waals surface area contributed by atoms with Gasteiger partial charge < -0.3 is 10.1 Å². The topological polar surface area (TPSA) is 75.1 Å². The van der Waals surface area contributed by atoms with Crippen LogP contribution in [0.1, 0.15) is 42.1 Å². The van der Waals surface area contributed by atoms with Gasteiger partial charge in [0.05, 0.1) is 16.5 Å². The first-order chi connectivity index (χ1) is 9.58. The van der Waals surface area contributed by atoms with E-state index in [2.05, 4.69) is 4.98 Å². The van der Waals surface area contributed by atoms with Gasteiger partial charge in [-0.1, -0.05) is 12.8 Å². The van der Waals surface area contributed by atoms with Crippen molar-refractivity contribution in [2.45, 2.75) is 31.7 Å². The molecule has 1 heterocycles. The average molecular weight is 290 g/mol. The average Bonchev–Trinajstić information content (AvgIpc) is 2.91. The van der Waals surface area contributed by atoms with Crippen LogP contribution in [-0.4, -0.2) is 20.6 Å². The van der Waals surface area contributed by atoms with E-state index in [0.29, 0.717) is 15.7 Å². The summed E-state index contributed by atoms with van der Waals surface area (Å²) in [4.78, 5) is 26.5. The van der Waals surface area contributed by atoms with E-state index in [9.17, 15) is 9.59 Å². The second kappa shape index (κ2) is 4.86. The summed E-state index contributed by atoms with van der Waals surface area (Å²) in [6, 6.07) is 4.61. The van der Waals surface area contributed by atoms with E-state index in [-0.39, 0.29) is 17.2 Å². The predicted octanol–water partition coefficient (Wildman–Crippen LogP) is 2.87. The molecule has 0 spiro atoms. The molecular formula is C14H14N2O3S. The van der Waals surface area contributed by atoms with Crippen LogP contribution in [0.25, 0.3) is 10.9 Å². The van der Waals surface area contributed by atoms with E-state index in [0.717, 1.165) is 25.7 Å². The van der Waals surface area contributed by atoms with Crippen molar-refractivity contribution in [3.63, 3.8) is 0 Å². The lowest BCUT2D eigenvalue weighted by atomic mass is 10.1. The third-order valence-electron chi connectivity index (χ3n) is 3.87. The number of aromatic carboxylic acids is 1. The van der Waals surface area contributed by atoms with Crippen LogP contribution < -0.4 is 5.56 Å². The molecule has 0 radical (unpaired) electrons. The standard InChI is InChI=1S/C14H14N2O3S/c17-12-10-6-5-8(13(18)19)7-11(10)15-14(20)16(12)9-3-1-2-4-9/h5-7,9H,1-4H2,(H,15,20)(H,18,19).